The highest BCUT2D eigenvalue weighted by atomic mass is 16.5. The summed E-state index contributed by atoms with van der Waals surface area (Å²) in [4.78, 5) is 30.1. The molecular formula is C17H26N4O3. The van der Waals surface area contributed by atoms with Crippen molar-refractivity contribution in [1.82, 2.24) is 15.2 Å². The fourth-order valence-corrected chi connectivity index (χ4v) is 2.81. The van der Waals surface area contributed by atoms with Crippen LogP contribution in [-0.2, 0) is 14.3 Å². The number of amides is 2. The molecule has 2 heterocycles. The fourth-order valence-electron chi connectivity index (χ4n) is 2.81. The van der Waals surface area contributed by atoms with Crippen molar-refractivity contribution in [2.75, 3.05) is 45.2 Å². The standard InChI is InChI=1S/C17H26N4O3/c1-13-5-3-7-18-16(13)19-8-9-20-17(23)14-6-4-10-21(11-14)15(22)12-24-2/h3,5,7,14H,4,6,8-12H2,1-2H3,(H,18,19)(H,20,23)/t14-/m0/s1. The van der Waals surface area contributed by atoms with Gasteiger partial charge in [-0.2, -0.15) is 0 Å². The van der Waals surface area contributed by atoms with E-state index in [9.17, 15) is 9.59 Å². The third kappa shape index (κ3) is 5.19. The molecule has 24 heavy (non-hydrogen) atoms. The van der Waals surface area contributed by atoms with Crippen LogP contribution in [0, 0.1) is 12.8 Å². The minimum Gasteiger partial charge on any atom is -0.375 e. The lowest BCUT2D eigenvalue weighted by Crippen LogP contribution is -2.47. The van der Waals surface area contributed by atoms with Gasteiger partial charge in [-0.25, -0.2) is 4.98 Å². The maximum Gasteiger partial charge on any atom is 0.248 e. The first-order valence-electron chi connectivity index (χ1n) is 8.31. The van der Waals surface area contributed by atoms with E-state index in [1.165, 1.54) is 7.11 Å². The van der Waals surface area contributed by atoms with E-state index in [2.05, 4.69) is 15.6 Å². The van der Waals surface area contributed by atoms with Crippen LogP contribution in [0.1, 0.15) is 18.4 Å². The molecule has 0 spiro atoms. The molecule has 1 fully saturated rings. The first-order chi connectivity index (χ1) is 11.6. The molecule has 132 valence electrons. The van der Waals surface area contributed by atoms with Gasteiger partial charge in [0.2, 0.25) is 11.8 Å². The zero-order chi connectivity index (χ0) is 17.4. The van der Waals surface area contributed by atoms with Gasteiger partial charge in [0.15, 0.2) is 0 Å². The lowest BCUT2D eigenvalue weighted by molar-refractivity contribution is -0.138. The van der Waals surface area contributed by atoms with Gasteiger partial charge >= 0.3 is 0 Å². The smallest absolute Gasteiger partial charge is 0.248 e. The molecule has 1 aliphatic heterocycles. The van der Waals surface area contributed by atoms with Crippen LogP contribution >= 0.6 is 0 Å². The highest BCUT2D eigenvalue weighted by molar-refractivity contribution is 5.81. The Hall–Kier alpha value is -2.15. The van der Waals surface area contributed by atoms with Crippen LogP contribution in [0.15, 0.2) is 18.3 Å². The zero-order valence-corrected chi connectivity index (χ0v) is 14.4. The van der Waals surface area contributed by atoms with Crippen LogP contribution in [0.25, 0.3) is 0 Å². The Balaban J connectivity index is 1.72. The Morgan fingerprint density at radius 1 is 1.42 bits per heavy atom. The molecule has 7 heteroatoms. The van der Waals surface area contributed by atoms with Crippen molar-refractivity contribution in [1.29, 1.82) is 0 Å². The van der Waals surface area contributed by atoms with Gasteiger partial charge in [0, 0.05) is 39.5 Å². The van der Waals surface area contributed by atoms with E-state index in [0.29, 0.717) is 26.2 Å². The van der Waals surface area contributed by atoms with Crippen molar-refractivity contribution in [2.24, 2.45) is 5.92 Å². The molecule has 0 aliphatic carbocycles. The third-order valence-electron chi connectivity index (χ3n) is 4.14. The molecule has 7 nitrogen and oxygen atoms in total. The molecule has 2 rings (SSSR count). The molecule has 1 saturated heterocycles. The summed E-state index contributed by atoms with van der Waals surface area (Å²) < 4.78 is 4.88. The number of nitrogens with zero attached hydrogens (tertiary/aromatic N) is 2. The van der Waals surface area contributed by atoms with Crippen molar-refractivity contribution in [3.05, 3.63) is 23.9 Å². The number of methoxy groups -OCH3 is 1. The molecule has 0 aromatic carbocycles. The molecule has 2 N–H and O–H groups in total. The van der Waals surface area contributed by atoms with Crippen molar-refractivity contribution < 1.29 is 14.3 Å². The van der Waals surface area contributed by atoms with E-state index in [0.717, 1.165) is 24.2 Å². The van der Waals surface area contributed by atoms with Gasteiger partial charge in [-0.1, -0.05) is 6.07 Å². The number of ether oxygens (including phenoxy) is 1. The predicted octanol–water partition coefficient (Wildman–Crippen LogP) is 0.803. The molecule has 0 saturated carbocycles. The van der Waals surface area contributed by atoms with Crippen LogP contribution in [-0.4, -0.2) is 61.6 Å². The third-order valence-corrected chi connectivity index (χ3v) is 4.14. The number of piperidine rings is 1. The van der Waals surface area contributed by atoms with Crippen molar-refractivity contribution >= 4 is 17.6 Å². The highest BCUT2D eigenvalue weighted by Crippen LogP contribution is 2.16. The summed E-state index contributed by atoms with van der Waals surface area (Å²) >= 11 is 0. The Labute approximate surface area is 142 Å². The summed E-state index contributed by atoms with van der Waals surface area (Å²) in [6, 6.07) is 3.88. The molecular weight excluding hydrogens is 308 g/mol. The topological polar surface area (TPSA) is 83.6 Å². The minimum absolute atomic E-state index is 0.00413. The maximum atomic E-state index is 12.3. The maximum absolute atomic E-state index is 12.3. The highest BCUT2D eigenvalue weighted by Gasteiger charge is 2.27. The molecule has 0 bridgehead atoms. The summed E-state index contributed by atoms with van der Waals surface area (Å²) in [7, 11) is 1.50. The van der Waals surface area contributed by atoms with Gasteiger partial charge in [-0.3, -0.25) is 9.59 Å². The number of carbonyl (C=O) groups excluding carboxylic acids is 2. The van der Waals surface area contributed by atoms with Crippen LogP contribution < -0.4 is 10.6 Å². The molecule has 2 amide bonds. The second kappa shape index (κ2) is 9.22. The number of hydrogen-bond donors (Lipinski definition) is 2. The normalized spacial score (nSPS) is 17.4. The number of pyridine rings is 1. The quantitative estimate of drug-likeness (QED) is 0.721. The van der Waals surface area contributed by atoms with Crippen molar-refractivity contribution in [3.8, 4) is 0 Å². The SMILES string of the molecule is COCC(=O)N1CCC[C@H](C(=O)NCCNc2ncccc2C)C1. The number of likely N-dealkylation sites (tertiary alicyclic amines) is 1. The first kappa shape index (κ1) is 18.2. The number of anilines is 1. The molecule has 1 aromatic heterocycles. The summed E-state index contributed by atoms with van der Waals surface area (Å²) in [6.45, 7) is 4.37. The Morgan fingerprint density at radius 3 is 3.00 bits per heavy atom. The second-order valence-corrected chi connectivity index (χ2v) is 6.00. The van der Waals surface area contributed by atoms with E-state index >= 15 is 0 Å². The number of hydrogen-bond acceptors (Lipinski definition) is 5. The van der Waals surface area contributed by atoms with Gasteiger partial charge in [0.05, 0.1) is 5.92 Å². The van der Waals surface area contributed by atoms with E-state index in [-0.39, 0.29) is 24.3 Å². The number of aryl methyl sites for hydroxylation is 1. The Kier molecular flexibility index (Phi) is 6.99. The average Bonchev–Trinajstić information content (AvgIpc) is 2.60. The molecule has 1 atom stereocenters. The number of nitrogens with one attached hydrogen (secondary N) is 2. The Morgan fingerprint density at radius 2 is 2.25 bits per heavy atom. The number of aromatic nitrogens is 1. The summed E-state index contributed by atoms with van der Waals surface area (Å²) in [5.41, 5.74) is 1.07. The van der Waals surface area contributed by atoms with Gasteiger partial charge in [0.25, 0.3) is 0 Å². The monoisotopic (exact) mass is 334 g/mol. The van der Waals surface area contributed by atoms with Gasteiger partial charge in [0.1, 0.15) is 12.4 Å². The summed E-state index contributed by atoms with van der Waals surface area (Å²) in [5, 5.41) is 6.14. The summed E-state index contributed by atoms with van der Waals surface area (Å²) in [6.07, 6.45) is 3.40. The van der Waals surface area contributed by atoms with E-state index in [1.807, 2.05) is 19.1 Å². The van der Waals surface area contributed by atoms with Crippen molar-refractivity contribution in [3.63, 3.8) is 0 Å². The molecule has 0 unspecified atom stereocenters. The lowest BCUT2D eigenvalue weighted by atomic mass is 9.97. The lowest BCUT2D eigenvalue weighted by Gasteiger charge is -2.31. The van der Waals surface area contributed by atoms with E-state index < -0.39 is 0 Å². The van der Waals surface area contributed by atoms with Crippen LogP contribution in [0.5, 0.6) is 0 Å². The second-order valence-electron chi connectivity index (χ2n) is 6.00. The summed E-state index contributed by atoms with van der Waals surface area (Å²) in [5.74, 6) is 0.642. The van der Waals surface area contributed by atoms with E-state index in [1.54, 1.807) is 11.1 Å². The first-order valence-corrected chi connectivity index (χ1v) is 8.31. The van der Waals surface area contributed by atoms with Crippen LogP contribution in [0.2, 0.25) is 0 Å². The molecule has 0 radical (unpaired) electrons. The number of carbonyl (C=O) groups is 2. The minimum atomic E-state index is -0.142. The van der Waals surface area contributed by atoms with Gasteiger partial charge < -0.3 is 20.3 Å². The molecule has 1 aromatic rings. The van der Waals surface area contributed by atoms with Gasteiger partial charge in [-0.05, 0) is 31.4 Å². The zero-order valence-electron chi connectivity index (χ0n) is 14.4. The average molecular weight is 334 g/mol. The van der Waals surface area contributed by atoms with Gasteiger partial charge in [-0.15, -0.1) is 0 Å². The number of rotatable bonds is 7. The Bertz CT molecular complexity index is 565. The largest absolute Gasteiger partial charge is 0.375 e. The van der Waals surface area contributed by atoms with Crippen molar-refractivity contribution in [2.45, 2.75) is 19.8 Å². The predicted molar refractivity (Wildman–Crippen MR) is 91.7 cm³/mol. The molecule has 1 aliphatic rings. The van der Waals surface area contributed by atoms with Crippen LogP contribution in [0.4, 0.5) is 5.82 Å². The van der Waals surface area contributed by atoms with Crippen LogP contribution in [0.3, 0.4) is 0 Å². The fraction of sp³-hybridized carbons (Fsp3) is 0.588. The van der Waals surface area contributed by atoms with E-state index in [4.69, 9.17) is 4.74 Å².